The number of rotatable bonds is 5. The normalized spacial score (nSPS) is 16.4. The summed E-state index contributed by atoms with van der Waals surface area (Å²) in [5.41, 5.74) is 5.14. The second-order valence-corrected chi connectivity index (χ2v) is 11.1. The van der Waals surface area contributed by atoms with Crippen LogP contribution in [-0.4, -0.2) is 18.9 Å². The number of hydrogen-bond donors (Lipinski definition) is 1. The van der Waals surface area contributed by atoms with Crippen molar-refractivity contribution in [3.05, 3.63) is 113 Å². The zero-order valence-electron chi connectivity index (χ0n) is 19.6. The number of carbonyl (C=O) groups is 2. The number of benzene rings is 3. The molecule has 1 atom stereocenters. The largest absolute Gasteiger partial charge is 0.486 e. The topological polar surface area (TPSA) is 64.6 Å². The molecule has 5 rings (SSSR count). The zero-order valence-corrected chi connectivity index (χ0v) is 24.3. The summed E-state index contributed by atoms with van der Waals surface area (Å²) in [7, 11) is 1.33. The molecule has 1 aliphatic carbocycles. The van der Waals surface area contributed by atoms with Gasteiger partial charge < -0.3 is 14.8 Å². The van der Waals surface area contributed by atoms with Crippen molar-refractivity contribution in [3.8, 4) is 5.75 Å². The van der Waals surface area contributed by atoms with Gasteiger partial charge >= 0.3 is 5.97 Å². The van der Waals surface area contributed by atoms with Gasteiger partial charge in [0.15, 0.2) is 5.78 Å². The summed E-state index contributed by atoms with van der Waals surface area (Å²) in [4.78, 5) is 26.5. The molecule has 188 valence electrons. The summed E-state index contributed by atoms with van der Waals surface area (Å²) >= 11 is 19.5. The molecular weight excluding hydrogens is 645 g/mol. The van der Waals surface area contributed by atoms with Gasteiger partial charge in [0.2, 0.25) is 0 Å². The number of carbonyl (C=O) groups excluding carboxylic acids is 2. The first-order valence-corrected chi connectivity index (χ1v) is 13.6. The smallest absolute Gasteiger partial charge is 0.336 e. The van der Waals surface area contributed by atoms with E-state index in [9.17, 15) is 9.59 Å². The van der Waals surface area contributed by atoms with Crippen LogP contribution < -0.4 is 10.1 Å². The molecule has 1 aliphatic heterocycles. The lowest BCUT2D eigenvalue weighted by Crippen LogP contribution is -2.29. The van der Waals surface area contributed by atoms with E-state index < -0.39 is 11.9 Å². The van der Waals surface area contributed by atoms with Crippen LogP contribution in [0.25, 0.3) is 5.70 Å². The van der Waals surface area contributed by atoms with E-state index in [1.165, 1.54) is 7.11 Å². The molecule has 37 heavy (non-hydrogen) atoms. The molecule has 0 saturated carbocycles. The van der Waals surface area contributed by atoms with Crippen LogP contribution >= 0.6 is 55.1 Å². The first-order valence-electron chi connectivity index (χ1n) is 11.2. The monoisotopic (exact) mass is 661 g/mol. The lowest BCUT2D eigenvalue weighted by Gasteiger charge is -2.29. The SMILES string of the molecule is COC(=O)C1=C(C)NC2=C(C(=O)c3ccccc32)[C@@H]1c1cc(Br)c(OCc2ccc(Cl)cc2Cl)c(Br)c1. The van der Waals surface area contributed by atoms with Crippen molar-refractivity contribution in [2.24, 2.45) is 0 Å². The van der Waals surface area contributed by atoms with Gasteiger partial charge in [-0.1, -0.05) is 53.5 Å². The summed E-state index contributed by atoms with van der Waals surface area (Å²) in [6.07, 6.45) is 0. The van der Waals surface area contributed by atoms with Crippen molar-refractivity contribution < 1.29 is 19.1 Å². The van der Waals surface area contributed by atoms with Crippen LogP contribution in [0.4, 0.5) is 0 Å². The number of esters is 1. The first kappa shape index (κ1) is 26.0. The number of Topliss-reactive ketones (excluding diaryl/α,β-unsaturated/α-hetero) is 1. The number of halogens is 4. The number of dihydropyridines is 1. The standard InChI is InChI=1S/C28H19Br2Cl2NO4/c1-13-22(28(35)36-2)23(24-25(33-13)17-5-3-4-6-18(17)26(24)34)15-9-19(29)27(20(30)10-15)37-12-14-7-8-16(31)11-21(14)32/h3-11,23,33H,12H2,1-2H3/t23-/m1/s1. The van der Waals surface area contributed by atoms with Crippen molar-refractivity contribution in [1.29, 1.82) is 0 Å². The number of allylic oxidation sites excluding steroid dienone is 2. The van der Waals surface area contributed by atoms with E-state index in [0.717, 1.165) is 16.7 Å². The molecule has 0 aromatic heterocycles. The molecule has 0 unspecified atom stereocenters. The Bertz CT molecular complexity index is 1520. The van der Waals surface area contributed by atoms with E-state index in [4.69, 9.17) is 32.7 Å². The van der Waals surface area contributed by atoms with Gasteiger partial charge in [-0.2, -0.15) is 0 Å². The summed E-state index contributed by atoms with van der Waals surface area (Å²) in [6.45, 7) is 2.03. The summed E-state index contributed by atoms with van der Waals surface area (Å²) in [5, 5.41) is 4.34. The second kappa shape index (κ2) is 10.3. The van der Waals surface area contributed by atoms with Gasteiger partial charge in [-0.3, -0.25) is 4.79 Å². The molecule has 9 heteroatoms. The average Bonchev–Trinajstić information content (AvgIpc) is 3.14. The maximum Gasteiger partial charge on any atom is 0.336 e. The van der Waals surface area contributed by atoms with Gasteiger partial charge in [0, 0.05) is 43.9 Å². The van der Waals surface area contributed by atoms with Crippen LogP contribution in [0.2, 0.25) is 10.0 Å². The fraction of sp³-hybridized carbons (Fsp3) is 0.143. The van der Waals surface area contributed by atoms with Gasteiger partial charge in [0.1, 0.15) is 12.4 Å². The van der Waals surface area contributed by atoms with Crippen LogP contribution in [0.5, 0.6) is 5.75 Å². The average molecular weight is 664 g/mol. The van der Waals surface area contributed by atoms with Gasteiger partial charge in [-0.05, 0) is 68.6 Å². The number of methoxy groups -OCH3 is 1. The maximum atomic E-state index is 13.6. The summed E-state index contributed by atoms with van der Waals surface area (Å²) < 4.78 is 12.5. The highest BCUT2D eigenvalue weighted by Gasteiger charge is 2.43. The Labute approximate surface area is 240 Å². The molecule has 2 aliphatic rings. The Morgan fingerprint density at radius 2 is 1.70 bits per heavy atom. The molecule has 3 aromatic rings. The van der Waals surface area contributed by atoms with Crippen LogP contribution in [0.15, 0.2) is 80.4 Å². The summed E-state index contributed by atoms with van der Waals surface area (Å²) in [5.74, 6) is -0.715. The predicted octanol–water partition coefficient (Wildman–Crippen LogP) is 7.84. The summed E-state index contributed by atoms with van der Waals surface area (Å²) in [6, 6.07) is 16.4. The molecule has 1 heterocycles. The van der Waals surface area contributed by atoms with E-state index in [2.05, 4.69) is 37.2 Å². The van der Waals surface area contributed by atoms with Crippen LogP contribution in [0, 0.1) is 0 Å². The highest BCUT2D eigenvalue weighted by Crippen LogP contribution is 2.49. The third-order valence-corrected chi connectivity index (χ3v) is 8.16. The van der Waals surface area contributed by atoms with E-state index >= 15 is 0 Å². The molecule has 1 N–H and O–H groups in total. The highest BCUT2D eigenvalue weighted by atomic mass is 79.9. The molecule has 0 bridgehead atoms. The third kappa shape index (κ3) is 4.63. The van der Waals surface area contributed by atoms with E-state index in [1.807, 2.05) is 43.3 Å². The molecule has 3 aromatic carbocycles. The Hall–Kier alpha value is -2.58. The van der Waals surface area contributed by atoms with Gasteiger partial charge in [-0.15, -0.1) is 0 Å². The molecule has 0 amide bonds. The minimum absolute atomic E-state index is 0.123. The van der Waals surface area contributed by atoms with Crippen molar-refractivity contribution in [2.45, 2.75) is 19.4 Å². The number of fused-ring (bicyclic) bond motifs is 2. The zero-order chi connectivity index (χ0) is 26.4. The van der Waals surface area contributed by atoms with E-state index in [-0.39, 0.29) is 12.4 Å². The molecule has 0 saturated heterocycles. The van der Waals surface area contributed by atoms with E-state index in [1.54, 1.807) is 18.2 Å². The molecule has 0 radical (unpaired) electrons. The van der Waals surface area contributed by atoms with Crippen LogP contribution in [-0.2, 0) is 16.1 Å². The van der Waals surface area contributed by atoms with Crippen LogP contribution in [0.3, 0.4) is 0 Å². The Morgan fingerprint density at radius 1 is 1.03 bits per heavy atom. The molecule has 0 spiro atoms. The lowest BCUT2D eigenvalue weighted by atomic mass is 9.80. The minimum atomic E-state index is -0.643. The second-order valence-electron chi connectivity index (χ2n) is 8.59. The van der Waals surface area contributed by atoms with Crippen molar-refractivity contribution in [1.82, 2.24) is 5.32 Å². The van der Waals surface area contributed by atoms with Gasteiger partial charge in [0.25, 0.3) is 0 Å². The highest BCUT2D eigenvalue weighted by molar-refractivity contribution is 9.11. The number of ether oxygens (including phenoxy) is 2. The first-order chi connectivity index (χ1) is 17.7. The van der Waals surface area contributed by atoms with Crippen molar-refractivity contribution in [3.63, 3.8) is 0 Å². The quantitative estimate of drug-likeness (QED) is 0.282. The lowest BCUT2D eigenvalue weighted by molar-refractivity contribution is -0.136. The Morgan fingerprint density at radius 3 is 2.35 bits per heavy atom. The number of ketones is 1. The van der Waals surface area contributed by atoms with Crippen LogP contribution in [0.1, 0.15) is 39.9 Å². The molecule has 5 nitrogen and oxygen atoms in total. The number of nitrogens with one attached hydrogen (secondary N) is 1. The third-order valence-electron chi connectivity index (χ3n) is 6.40. The predicted molar refractivity (Wildman–Crippen MR) is 151 cm³/mol. The van der Waals surface area contributed by atoms with Crippen molar-refractivity contribution in [2.75, 3.05) is 7.11 Å². The number of hydrogen-bond acceptors (Lipinski definition) is 5. The van der Waals surface area contributed by atoms with Crippen molar-refractivity contribution >= 4 is 72.5 Å². The molecular formula is C28H19Br2Cl2NO4. The fourth-order valence-corrected chi connectivity index (χ4v) is 6.63. The van der Waals surface area contributed by atoms with Gasteiger partial charge in [0.05, 0.1) is 27.3 Å². The van der Waals surface area contributed by atoms with E-state index in [0.29, 0.717) is 52.8 Å². The van der Waals surface area contributed by atoms with Gasteiger partial charge in [-0.25, -0.2) is 4.79 Å². The molecule has 0 fully saturated rings. The fourth-order valence-electron chi connectivity index (χ4n) is 4.72. The Balaban J connectivity index is 1.57. The Kier molecular flexibility index (Phi) is 7.24. The minimum Gasteiger partial charge on any atom is -0.486 e. The maximum absolute atomic E-state index is 13.6.